The van der Waals surface area contributed by atoms with Gasteiger partial charge in [0.2, 0.25) is 5.91 Å². The number of likely N-dealkylation sites (tertiary alicyclic amines) is 1. The van der Waals surface area contributed by atoms with Crippen LogP contribution in [0.2, 0.25) is 25.7 Å². The monoisotopic (exact) mass is 464 g/mol. The van der Waals surface area contributed by atoms with E-state index in [1.165, 1.54) is 0 Å². The Balaban J connectivity index is 1.54. The first-order valence-electron chi connectivity index (χ1n) is 11.5. The van der Waals surface area contributed by atoms with Crippen LogP contribution in [-0.2, 0) is 21.8 Å². The lowest BCUT2D eigenvalue weighted by atomic mass is 9.86. The van der Waals surface area contributed by atoms with E-state index in [2.05, 4.69) is 41.9 Å². The summed E-state index contributed by atoms with van der Waals surface area (Å²) in [6.45, 7) is 11.2. The van der Waals surface area contributed by atoms with Crippen LogP contribution < -0.4 is 0 Å². The minimum atomic E-state index is -1.12. The van der Waals surface area contributed by atoms with Gasteiger partial charge in [0.05, 0.1) is 18.7 Å². The fourth-order valence-electron chi connectivity index (χ4n) is 4.26. The van der Waals surface area contributed by atoms with Gasteiger partial charge in [-0.25, -0.2) is 4.98 Å². The molecule has 4 rings (SSSR count). The van der Waals surface area contributed by atoms with Crippen molar-refractivity contribution < 1.29 is 9.53 Å². The molecule has 0 aliphatic carbocycles. The summed E-state index contributed by atoms with van der Waals surface area (Å²) in [6, 6.07) is 7.47. The van der Waals surface area contributed by atoms with E-state index in [-0.39, 0.29) is 5.91 Å². The van der Waals surface area contributed by atoms with Crippen LogP contribution in [0.25, 0.3) is 22.2 Å². The predicted molar refractivity (Wildman–Crippen MR) is 130 cm³/mol. The second-order valence-corrected chi connectivity index (χ2v) is 15.7. The largest absolute Gasteiger partial charge is 0.361 e. The molecule has 0 aromatic carbocycles. The van der Waals surface area contributed by atoms with Crippen LogP contribution in [0.1, 0.15) is 19.8 Å². The Morgan fingerprint density at radius 1 is 1.30 bits per heavy atom. The molecule has 0 N–H and O–H groups in total. The summed E-state index contributed by atoms with van der Waals surface area (Å²) in [5.74, 6) is 0.111. The van der Waals surface area contributed by atoms with Gasteiger partial charge in [-0.15, -0.1) is 0 Å². The lowest BCUT2D eigenvalue weighted by molar-refractivity contribution is -0.142. The van der Waals surface area contributed by atoms with Crippen molar-refractivity contribution in [3.63, 3.8) is 0 Å². The molecule has 0 spiro atoms. The zero-order chi connectivity index (χ0) is 23.6. The average Bonchev–Trinajstić information content (AvgIpc) is 3.40. The Morgan fingerprint density at radius 2 is 2.09 bits per heavy atom. The van der Waals surface area contributed by atoms with E-state index in [0.29, 0.717) is 32.7 Å². The van der Waals surface area contributed by atoms with E-state index >= 15 is 0 Å². The van der Waals surface area contributed by atoms with Crippen molar-refractivity contribution in [2.75, 3.05) is 19.7 Å². The van der Waals surface area contributed by atoms with Crippen molar-refractivity contribution in [3.05, 3.63) is 36.9 Å². The van der Waals surface area contributed by atoms with Gasteiger partial charge in [-0.05, 0) is 23.7 Å². The van der Waals surface area contributed by atoms with Gasteiger partial charge in [0, 0.05) is 63.7 Å². The van der Waals surface area contributed by atoms with Gasteiger partial charge in [-0.3, -0.25) is 9.48 Å². The van der Waals surface area contributed by atoms with Crippen molar-refractivity contribution in [1.82, 2.24) is 24.2 Å². The first kappa shape index (κ1) is 23.2. The number of aromatic nitrogens is 4. The fourth-order valence-corrected chi connectivity index (χ4v) is 5.01. The highest BCUT2D eigenvalue weighted by Crippen LogP contribution is 2.35. The molecule has 3 aromatic heterocycles. The van der Waals surface area contributed by atoms with Crippen LogP contribution >= 0.6 is 0 Å². The third kappa shape index (κ3) is 4.72. The quantitative estimate of drug-likeness (QED) is 0.352. The lowest BCUT2D eigenvalue weighted by Crippen LogP contribution is -2.64. The van der Waals surface area contributed by atoms with E-state index in [0.717, 1.165) is 34.8 Å². The standard InChI is InChI=1S/C24H32N6O2Si/c1-5-22(31)29-16-24(17-29,8-9-25)30-15-19(14-27-30)20-6-10-26-23-21(20)7-11-28(23)18-32-12-13-33(2,3)4/h6-7,10-11,14-15H,5,8,12-13,16-18H2,1-4H3. The van der Waals surface area contributed by atoms with Crippen molar-refractivity contribution in [3.8, 4) is 17.2 Å². The number of amides is 1. The van der Waals surface area contributed by atoms with Gasteiger partial charge in [0.15, 0.2) is 0 Å². The maximum atomic E-state index is 12.0. The molecular weight excluding hydrogens is 432 g/mol. The summed E-state index contributed by atoms with van der Waals surface area (Å²) in [5, 5.41) is 15.0. The van der Waals surface area contributed by atoms with E-state index in [9.17, 15) is 10.1 Å². The van der Waals surface area contributed by atoms with Crippen molar-refractivity contribution >= 4 is 25.0 Å². The molecule has 0 saturated carbocycles. The smallest absolute Gasteiger partial charge is 0.222 e. The highest BCUT2D eigenvalue weighted by Gasteiger charge is 2.47. The number of hydrogen-bond donors (Lipinski definition) is 0. The van der Waals surface area contributed by atoms with Crippen LogP contribution in [0, 0.1) is 11.3 Å². The molecular formula is C24H32N6O2Si. The minimum absolute atomic E-state index is 0.111. The average molecular weight is 465 g/mol. The second kappa shape index (κ2) is 9.12. The molecule has 3 aromatic rings. The highest BCUT2D eigenvalue weighted by molar-refractivity contribution is 6.76. The zero-order valence-electron chi connectivity index (χ0n) is 19.9. The Hall–Kier alpha value is -2.96. The van der Waals surface area contributed by atoms with Crippen molar-refractivity contribution in [2.45, 2.75) is 57.7 Å². The predicted octanol–water partition coefficient (Wildman–Crippen LogP) is 4.07. The molecule has 8 nitrogen and oxygen atoms in total. The number of fused-ring (bicyclic) bond motifs is 1. The molecule has 9 heteroatoms. The summed E-state index contributed by atoms with van der Waals surface area (Å²) in [4.78, 5) is 18.4. The Morgan fingerprint density at radius 3 is 2.79 bits per heavy atom. The Kier molecular flexibility index (Phi) is 6.41. The van der Waals surface area contributed by atoms with Crippen LogP contribution in [0.5, 0.6) is 0 Å². The molecule has 1 aliphatic heterocycles. The van der Waals surface area contributed by atoms with E-state index < -0.39 is 13.6 Å². The number of pyridine rings is 1. The van der Waals surface area contributed by atoms with Crippen LogP contribution in [0.3, 0.4) is 0 Å². The first-order chi connectivity index (χ1) is 15.8. The number of nitrogens with zero attached hydrogens (tertiary/aromatic N) is 6. The van der Waals surface area contributed by atoms with Crippen LogP contribution in [0.15, 0.2) is 36.9 Å². The molecule has 0 radical (unpaired) electrons. The third-order valence-corrected chi connectivity index (χ3v) is 8.01. The molecule has 0 bridgehead atoms. The van der Waals surface area contributed by atoms with Crippen LogP contribution in [-0.4, -0.2) is 57.9 Å². The molecule has 0 atom stereocenters. The number of rotatable bonds is 9. The number of nitriles is 1. The van der Waals surface area contributed by atoms with E-state index in [1.807, 2.05) is 47.0 Å². The summed E-state index contributed by atoms with van der Waals surface area (Å²) < 4.78 is 9.82. The summed E-state index contributed by atoms with van der Waals surface area (Å²) in [5.41, 5.74) is 2.43. The third-order valence-electron chi connectivity index (χ3n) is 6.30. The SMILES string of the molecule is CCC(=O)N1CC(CC#N)(n2cc(-c3ccnc4c3ccn4COCC[Si](C)(C)C)cn2)C1. The van der Waals surface area contributed by atoms with Crippen LogP contribution in [0.4, 0.5) is 0 Å². The van der Waals surface area contributed by atoms with E-state index in [4.69, 9.17) is 4.74 Å². The maximum Gasteiger partial charge on any atom is 0.222 e. The highest BCUT2D eigenvalue weighted by atomic mass is 28.3. The summed E-state index contributed by atoms with van der Waals surface area (Å²) in [7, 11) is -1.12. The zero-order valence-corrected chi connectivity index (χ0v) is 20.9. The Labute approximate surface area is 195 Å². The lowest BCUT2D eigenvalue weighted by Gasteiger charge is -2.49. The number of hydrogen-bond acceptors (Lipinski definition) is 5. The molecule has 1 saturated heterocycles. The van der Waals surface area contributed by atoms with Crippen molar-refractivity contribution in [2.24, 2.45) is 0 Å². The molecule has 4 heterocycles. The first-order valence-corrected chi connectivity index (χ1v) is 15.2. The molecule has 174 valence electrons. The number of ether oxygens (including phenoxy) is 1. The molecule has 1 aliphatic rings. The minimum Gasteiger partial charge on any atom is -0.361 e. The number of carbonyl (C=O) groups excluding carboxylic acids is 1. The fraction of sp³-hybridized carbons (Fsp3) is 0.500. The Bertz CT molecular complexity index is 1180. The molecule has 1 amide bonds. The topological polar surface area (TPSA) is 89.0 Å². The second-order valence-electron chi connectivity index (χ2n) is 10.1. The summed E-state index contributed by atoms with van der Waals surface area (Å²) in [6.07, 6.45) is 8.43. The van der Waals surface area contributed by atoms with Gasteiger partial charge in [-0.1, -0.05) is 26.6 Å². The maximum absolute atomic E-state index is 12.0. The van der Waals surface area contributed by atoms with Gasteiger partial charge in [-0.2, -0.15) is 10.4 Å². The molecule has 0 unspecified atom stereocenters. The van der Waals surface area contributed by atoms with Gasteiger partial charge in [0.1, 0.15) is 17.9 Å². The van der Waals surface area contributed by atoms with Crippen molar-refractivity contribution in [1.29, 1.82) is 5.26 Å². The van der Waals surface area contributed by atoms with Gasteiger partial charge >= 0.3 is 0 Å². The number of carbonyl (C=O) groups is 1. The molecule has 33 heavy (non-hydrogen) atoms. The normalized spacial score (nSPS) is 15.4. The summed E-state index contributed by atoms with van der Waals surface area (Å²) >= 11 is 0. The van der Waals surface area contributed by atoms with E-state index in [1.54, 1.807) is 4.90 Å². The van der Waals surface area contributed by atoms with Gasteiger partial charge < -0.3 is 14.2 Å². The molecule has 1 fully saturated rings. The van der Waals surface area contributed by atoms with Gasteiger partial charge in [0.25, 0.3) is 0 Å².